The third kappa shape index (κ3) is 6.37. The number of aromatic carboxylic acids is 1. The Bertz CT molecular complexity index is 2360. The van der Waals surface area contributed by atoms with Crippen LogP contribution in [-0.2, 0) is 4.79 Å². The van der Waals surface area contributed by atoms with Crippen LogP contribution in [0.1, 0.15) is 45.9 Å². The first-order chi connectivity index (χ1) is 25.1. The Morgan fingerprint density at radius 1 is 0.885 bits per heavy atom. The number of hydrogen-bond donors (Lipinski definition) is 1. The predicted octanol–water partition coefficient (Wildman–Crippen LogP) is 6.62. The highest BCUT2D eigenvalue weighted by Crippen LogP contribution is 2.38. The van der Waals surface area contributed by atoms with Crippen LogP contribution >= 0.6 is 0 Å². The van der Waals surface area contributed by atoms with Crippen LogP contribution in [-0.4, -0.2) is 71.2 Å². The fourth-order valence-corrected chi connectivity index (χ4v) is 6.82. The SMILES string of the molecule is Cc1ccc(C=Nc2ccc(N=C3C(=O)N(CN4CCN(c5cc6c(cc5F)c(=O)c(C(=O)O)cn6C5CC5)CC4)c4ccc(F)cc43)cc2)cc1. The zero-order valence-electron chi connectivity index (χ0n) is 28.3. The van der Waals surface area contributed by atoms with E-state index in [0.717, 1.165) is 30.2 Å². The lowest BCUT2D eigenvalue weighted by molar-refractivity contribution is -0.112. The number of benzene rings is 4. The highest BCUT2D eigenvalue weighted by molar-refractivity contribution is 6.54. The molecule has 0 radical (unpaired) electrons. The number of aromatic nitrogens is 1. The van der Waals surface area contributed by atoms with E-state index in [1.54, 1.807) is 39.9 Å². The van der Waals surface area contributed by atoms with Gasteiger partial charge < -0.3 is 14.6 Å². The molecule has 3 aliphatic rings. The fraction of sp³-hybridized carbons (Fsp3) is 0.225. The molecule has 8 rings (SSSR count). The number of fused-ring (bicyclic) bond motifs is 2. The first kappa shape index (κ1) is 33.2. The number of rotatable bonds is 8. The summed E-state index contributed by atoms with van der Waals surface area (Å²) in [6, 6.07) is 22.3. The second kappa shape index (κ2) is 13.3. The monoisotopic (exact) mass is 700 g/mol. The Hall–Kier alpha value is -6.01. The van der Waals surface area contributed by atoms with Crippen LogP contribution in [0.15, 0.2) is 99.8 Å². The zero-order valence-corrected chi connectivity index (χ0v) is 28.3. The number of aliphatic imine (C=N–C) groups is 2. The molecule has 0 unspecified atom stereocenters. The third-order valence-corrected chi connectivity index (χ3v) is 9.81. The maximum atomic E-state index is 15.6. The van der Waals surface area contributed by atoms with Crippen molar-refractivity contribution in [3.8, 4) is 0 Å². The molecule has 0 atom stereocenters. The standard InChI is InChI=1S/C40H34F2N6O4/c1-24-2-4-25(5-3-24)21-43-27-7-9-28(10-8-27)44-37-30-18-26(41)6-13-34(30)48(39(37)50)23-45-14-16-46(17-15-45)36-20-35-31(19-33(36)42)38(49)32(40(51)52)22-47(35)29-11-12-29/h2-10,13,18-22,29H,11-12,14-17,23H2,1H3,(H,51,52). The normalized spacial score (nSPS) is 17.1. The van der Waals surface area contributed by atoms with Crippen LogP contribution in [0.5, 0.6) is 0 Å². The van der Waals surface area contributed by atoms with Crippen LogP contribution in [0.2, 0.25) is 0 Å². The van der Waals surface area contributed by atoms with Gasteiger partial charge in [-0.1, -0.05) is 29.8 Å². The number of nitrogens with zero attached hydrogens (tertiary/aromatic N) is 6. The minimum atomic E-state index is -1.33. The van der Waals surface area contributed by atoms with Crippen LogP contribution in [0.4, 0.5) is 31.5 Å². The molecular formula is C40H34F2N6O4. The van der Waals surface area contributed by atoms with E-state index in [1.807, 2.05) is 48.2 Å². The molecule has 1 aromatic heterocycles. The van der Waals surface area contributed by atoms with Crippen molar-refractivity contribution in [2.45, 2.75) is 25.8 Å². The second-order valence-electron chi connectivity index (χ2n) is 13.4. The van der Waals surface area contributed by atoms with E-state index in [1.165, 1.54) is 23.9 Å². The van der Waals surface area contributed by atoms with Gasteiger partial charge in [-0.05, 0) is 79.9 Å². The summed E-state index contributed by atoms with van der Waals surface area (Å²) in [6.07, 6.45) is 4.86. The molecule has 12 heteroatoms. The molecule has 3 heterocycles. The minimum Gasteiger partial charge on any atom is -0.477 e. The minimum absolute atomic E-state index is 0.0503. The molecule has 5 aromatic rings. The maximum absolute atomic E-state index is 15.6. The van der Waals surface area contributed by atoms with Gasteiger partial charge in [-0.15, -0.1) is 0 Å². The Morgan fingerprint density at radius 2 is 1.60 bits per heavy atom. The Morgan fingerprint density at radius 3 is 2.29 bits per heavy atom. The maximum Gasteiger partial charge on any atom is 0.341 e. The number of piperazine rings is 1. The van der Waals surface area contributed by atoms with Crippen molar-refractivity contribution in [3.63, 3.8) is 0 Å². The first-order valence-electron chi connectivity index (χ1n) is 17.1. The molecule has 4 aromatic carbocycles. The molecule has 0 bridgehead atoms. The fourth-order valence-electron chi connectivity index (χ4n) is 6.82. The average molecular weight is 701 g/mol. The molecule has 1 saturated heterocycles. The van der Waals surface area contributed by atoms with E-state index < -0.39 is 23.0 Å². The first-order valence-corrected chi connectivity index (χ1v) is 17.1. The van der Waals surface area contributed by atoms with Crippen molar-refractivity contribution in [1.29, 1.82) is 0 Å². The topological polar surface area (TPSA) is 111 Å². The number of carbonyl (C=O) groups excluding carboxylic acids is 1. The van der Waals surface area contributed by atoms with Gasteiger partial charge in [0, 0.05) is 55.6 Å². The van der Waals surface area contributed by atoms with E-state index in [4.69, 9.17) is 0 Å². The molecule has 1 aliphatic carbocycles. The van der Waals surface area contributed by atoms with Gasteiger partial charge in [0.1, 0.15) is 22.9 Å². The van der Waals surface area contributed by atoms with Gasteiger partial charge in [-0.2, -0.15) is 0 Å². The average Bonchev–Trinajstić information content (AvgIpc) is 3.96. The number of amides is 1. The summed E-state index contributed by atoms with van der Waals surface area (Å²) in [7, 11) is 0. The molecule has 10 nitrogen and oxygen atoms in total. The molecule has 1 amide bonds. The number of carbonyl (C=O) groups is 2. The van der Waals surface area contributed by atoms with E-state index in [0.29, 0.717) is 54.3 Å². The third-order valence-electron chi connectivity index (χ3n) is 9.81. The van der Waals surface area contributed by atoms with Crippen molar-refractivity contribution in [3.05, 3.63) is 129 Å². The Balaban J connectivity index is 0.985. The quantitative estimate of drug-likeness (QED) is 0.182. The van der Waals surface area contributed by atoms with E-state index >= 15 is 4.39 Å². The number of carboxylic acids is 1. The van der Waals surface area contributed by atoms with Crippen molar-refractivity contribution in [1.82, 2.24) is 9.47 Å². The molecular weight excluding hydrogens is 666 g/mol. The lowest BCUT2D eigenvalue weighted by atomic mass is 10.1. The van der Waals surface area contributed by atoms with E-state index in [-0.39, 0.29) is 35.3 Å². The van der Waals surface area contributed by atoms with Crippen molar-refractivity contribution in [2.24, 2.45) is 9.98 Å². The molecule has 262 valence electrons. The largest absolute Gasteiger partial charge is 0.477 e. The van der Waals surface area contributed by atoms with Crippen LogP contribution < -0.4 is 15.2 Å². The lowest BCUT2D eigenvalue weighted by Gasteiger charge is -2.38. The summed E-state index contributed by atoms with van der Waals surface area (Å²) in [5.74, 6) is -2.75. The zero-order chi connectivity index (χ0) is 36.1. The van der Waals surface area contributed by atoms with Gasteiger partial charge in [-0.3, -0.25) is 24.4 Å². The Labute approximate surface area is 297 Å². The number of anilines is 2. The summed E-state index contributed by atoms with van der Waals surface area (Å²) >= 11 is 0. The van der Waals surface area contributed by atoms with Crippen molar-refractivity contribution in [2.75, 3.05) is 42.6 Å². The number of halogens is 2. The van der Waals surface area contributed by atoms with Crippen molar-refractivity contribution >= 4 is 57.5 Å². The second-order valence-corrected chi connectivity index (χ2v) is 13.4. The summed E-state index contributed by atoms with van der Waals surface area (Å²) < 4.78 is 31.8. The number of hydrogen-bond acceptors (Lipinski definition) is 7. The highest BCUT2D eigenvalue weighted by Gasteiger charge is 2.36. The van der Waals surface area contributed by atoms with Gasteiger partial charge in [0.25, 0.3) is 5.91 Å². The summed E-state index contributed by atoms with van der Waals surface area (Å²) in [4.78, 5) is 53.2. The van der Waals surface area contributed by atoms with Crippen molar-refractivity contribution < 1.29 is 23.5 Å². The molecule has 1 saturated carbocycles. The number of pyridine rings is 1. The van der Waals surface area contributed by atoms with Gasteiger partial charge in [0.2, 0.25) is 5.43 Å². The molecule has 2 aliphatic heterocycles. The summed E-state index contributed by atoms with van der Waals surface area (Å²) in [5, 5.41) is 9.61. The van der Waals surface area contributed by atoms with Crippen LogP contribution in [0, 0.1) is 18.6 Å². The number of aryl methyl sites for hydroxylation is 1. The molecule has 2 fully saturated rings. The summed E-state index contributed by atoms with van der Waals surface area (Å²) in [5.41, 5.74) is 4.31. The Kier molecular flexibility index (Phi) is 8.46. The molecule has 52 heavy (non-hydrogen) atoms. The van der Waals surface area contributed by atoms with E-state index in [2.05, 4.69) is 14.9 Å². The van der Waals surface area contributed by atoms with E-state index in [9.17, 15) is 23.9 Å². The lowest BCUT2D eigenvalue weighted by Crippen LogP contribution is -2.51. The molecule has 1 N–H and O–H groups in total. The number of carboxylic acid groups (broad SMARTS) is 1. The summed E-state index contributed by atoms with van der Waals surface area (Å²) in [6.45, 7) is 4.16. The smallest absolute Gasteiger partial charge is 0.341 e. The van der Waals surface area contributed by atoms with Crippen LogP contribution in [0.25, 0.3) is 10.9 Å². The molecule has 0 spiro atoms. The van der Waals surface area contributed by atoms with Crippen LogP contribution in [0.3, 0.4) is 0 Å². The predicted molar refractivity (Wildman–Crippen MR) is 197 cm³/mol. The highest BCUT2D eigenvalue weighted by atomic mass is 19.1. The van der Waals surface area contributed by atoms with Gasteiger partial charge in [0.05, 0.1) is 34.9 Å². The van der Waals surface area contributed by atoms with Gasteiger partial charge >= 0.3 is 5.97 Å². The van der Waals surface area contributed by atoms with Gasteiger partial charge in [-0.25, -0.2) is 18.6 Å². The van der Waals surface area contributed by atoms with Gasteiger partial charge in [0.15, 0.2) is 0 Å².